The highest BCUT2D eigenvalue weighted by molar-refractivity contribution is 7.89. The first kappa shape index (κ1) is 26.9. The van der Waals surface area contributed by atoms with Crippen molar-refractivity contribution in [3.05, 3.63) is 94.5 Å². The first-order valence-electron chi connectivity index (χ1n) is 12.9. The minimum atomic E-state index is -3.57. The number of methoxy groups -OCH3 is 1. The predicted octanol–water partition coefficient (Wildman–Crippen LogP) is 5.33. The van der Waals surface area contributed by atoms with Crippen LogP contribution in [0.25, 0.3) is 0 Å². The Bertz CT molecular complexity index is 1330. The Morgan fingerprint density at radius 2 is 1.70 bits per heavy atom. The molecule has 196 valence electrons. The fourth-order valence-corrected chi connectivity index (χ4v) is 6.55. The number of sulfonamides is 1. The largest absolute Gasteiger partial charge is 0.496 e. The molecule has 1 saturated heterocycles. The third-order valence-corrected chi connectivity index (χ3v) is 8.90. The zero-order valence-electron chi connectivity index (χ0n) is 21.9. The number of carbonyl (C=O) groups is 1. The lowest BCUT2D eigenvalue weighted by molar-refractivity contribution is -0.121. The Morgan fingerprint density at radius 3 is 2.38 bits per heavy atom. The van der Waals surface area contributed by atoms with Gasteiger partial charge >= 0.3 is 0 Å². The second-order valence-electron chi connectivity index (χ2n) is 9.71. The van der Waals surface area contributed by atoms with Gasteiger partial charge in [0.1, 0.15) is 5.75 Å². The molecule has 1 fully saturated rings. The van der Waals surface area contributed by atoms with Crippen LogP contribution >= 0.6 is 0 Å². The third-order valence-electron chi connectivity index (χ3n) is 7.00. The molecule has 4 rings (SSSR count). The van der Waals surface area contributed by atoms with Crippen molar-refractivity contribution < 1.29 is 17.9 Å². The van der Waals surface area contributed by atoms with E-state index in [1.165, 1.54) is 5.56 Å². The predicted molar refractivity (Wildman–Crippen MR) is 146 cm³/mol. The van der Waals surface area contributed by atoms with E-state index < -0.39 is 10.0 Å². The van der Waals surface area contributed by atoms with Gasteiger partial charge in [-0.05, 0) is 73.6 Å². The lowest BCUT2D eigenvalue weighted by atomic mass is 9.93. The zero-order chi connectivity index (χ0) is 26.4. The van der Waals surface area contributed by atoms with Gasteiger partial charge in [-0.3, -0.25) is 4.79 Å². The van der Waals surface area contributed by atoms with Crippen LogP contribution in [0.4, 0.5) is 0 Å². The summed E-state index contributed by atoms with van der Waals surface area (Å²) >= 11 is 0. The molecule has 1 atom stereocenters. The van der Waals surface area contributed by atoms with Crippen molar-refractivity contribution in [3.63, 3.8) is 0 Å². The number of carbonyl (C=O) groups excluding carboxylic acids is 1. The lowest BCUT2D eigenvalue weighted by Gasteiger charge is -2.26. The van der Waals surface area contributed by atoms with Crippen LogP contribution in [-0.4, -0.2) is 38.8 Å². The van der Waals surface area contributed by atoms with Crippen molar-refractivity contribution in [1.29, 1.82) is 0 Å². The summed E-state index contributed by atoms with van der Waals surface area (Å²) in [5, 5.41) is 3.21. The number of piperidine rings is 1. The summed E-state index contributed by atoms with van der Waals surface area (Å²) in [6.45, 7) is 5.21. The molecule has 0 aliphatic carbocycles. The molecule has 1 aliphatic heterocycles. The molecule has 7 heteroatoms. The standard InChI is InChI=1S/C30H36N2O4S/c1-22-12-15-27(23(2)20-22)30(24-10-6-4-7-11-24)31-29(33)17-13-25-21-26(14-16-28(25)36-3)37(34,35)32-18-8-5-9-19-32/h4,6-7,10-12,14-16,20-21,30H,5,8-9,13,17-19H2,1-3H3,(H,31,33). The Balaban J connectivity index is 1.53. The highest BCUT2D eigenvalue weighted by Crippen LogP contribution is 2.29. The van der Waals surface area contributed by atoms with Crippen LogP contribution in [0.5, 0.6) is 5.75 Å². The monoisotopic (exact) mass is 520 g/mol. The van der Waals surface area contributed by atoms with Crippen LogP contribution < -0.4 is 10.1 Å². The first-order chi connectivity index (χ1) is 17.8. The number of benzene rings is 3. The van der Waals surface area contributed by atoms with E-state index in [1.54, 1.807) is 29.6 Å². The fraction of sp³-hybridized carbons (Fsp3) is 0.367. The summed E-state index contributed by atoms with van der Waals surface area (Å²) in [7, 11) is -2.01. The van der Waals surface area contributed by atoms with E-state index in [0.29, 0.717) is 30.8 Å². The van der Waals surface area contributed by atoms with E-state index in [0.717, 1.165) is 36.0 Å². The maximum absolute atomic E-state index is 13.2. The van der Waals surface area contributed by atoms with Crippen molar-refractivity contribution in [2.75, 3.05) is 20.2 Å². The number of amides is 1. The van der Waals surface area contributed by atoms with Gasteiger partial charge in [0, 0.05) is 19.5 Å². The number of hydrogen-bond donors (Lipinski definition) is 1. The molecule has 37 heavy (non-hydrogen) atoms. The number of rotatable bonds is 9. The summed E-state index contributed by atoms with van der Waals surface area (Å²) in [6.07, 6.45) is 3.39. The molecule has 3 aromatic rings. The first-order valence-corrected chi connectivity index (χ1v) is 14.3. The lowest BCUT2D eigenvalue weighted by Crippen LogP contribution is -2.35. The fourth-order valence-electron chi connectivity index (χ4n) is 4.98. The molecular weight excluding hydrogens is 484 g/mol. The average molecular weight is 521 g/mol. The number of nitrogens with zero attached hydrogens (tertiary/aromatic N) is 1. The number of ether oxygens (including phenoxy) is 1. The minimum absolute atomic E-state index is 0.111. The summed E-state index contributed by atoms with van der Waals surface area (Å²) in [5.74, 6) is 0.472. The second kappa shape index (κ2) is 11.9. The van der Waals surface area contributed by atoms with Gasteiger partial charge in [0.15, 0.2) is 0 Å². The van der Waals surface area contributed by atoms with E-state index in [1.807, 2.05) is 30.3 Å². The third kappa shape index (κ3) is 6.40. The van der Waals surface area contributed by atoms with E-state index in [9.17, 15) is 13.2 Å². The van der Waals surface area contributed by atoms with Crippen LogP contribution in [0.2, 0.25) is 0 Å². The summed E-state index contributed by atoms with van der Waals surface area (Å²) < 4.78 is 33.5. The van der Waals surface area contributed by atoms with Gasteiger partial charge in [0.2, 0.25) is 15.9 Å². The molecule has 1 amide bonds. The molecule has 1 N–H and O–H groups in total. The molecule has 6 nitrogen and oxygen atoms in total. The van der Waals surface area contributed by atoms with Crippen molar-refractivity contribution in [1.82, 2.24) is 9.62 Å². The maximum Gasteiger partial charge on any atom is 0.243 e. The van der Waals surface area contributed by atoms with E-state index in [4.69, 9.17) is 4.74 Å². The molecule has 1 unspecified atom stereocenters. The molecular formula is C30H36N2O4S. The molecule has 0 saturated carbocycles. The number of aryl methyl sites for hydroxylation is 3. The quantitative estimate of drug-likeness (QED) is 0.414. The molecule has 3 aromatic carbocycles. The molecule has 1 aliphatic rings. The van der Waals surface area contributed by atoms with Crippen molar-refractivity contribution in [2.24, 2.45) is 0 Å². The Morgan fingerprint density at radius 1 is 0.973 bits per heavy atom. The van der Waals surface area contributed by atoms with Crippen molar-refractivity contribution in [3.8, 4) is 5.75 Å². The average Bonchev–Trinajstić information content (AvgIpc) is 2.91. The maximum atomic E-state index is 13.2. The van der Waals surface area contributed by atoms with Gasteiger partial charge in [-0.25, -0.2) is 8.42 Å². The molecule has 0 spiro atoms. The number of nitrogens with one attached hydrogen (secondary N) is 1. The second-order valence-corrected chi connectivity index (χ2v) is 11.6. The SMILES string of the molecule is COc1ccc(S(=O)(=O)N2CCCCC2)cc1CCC(=O)NC(c1ccccc1)c1ccc(C)cc1C. The van der Waals surface area contributed by atoms with E-state index >= 15 is 0 Å². The molecule has 0 radical (unpaired) electrons. The zero-order valence-corrected chi connectivity index (χ0v) is 22.7. The Hall–Kier alpha value is -3.16. The highest BCUT2D eigenvalue weighted by atomic mass is 32.2. The normalized spacial score (nSPS) is 15.2. The van der Waals surface area contributed by atoms with Crippen LogP contribution in [0.15, 0.2) is 71.6 Å². The van der Waals surface area contributed by atoms with Gasteiger partial charge in [-0.15, -0.1) is 0 Å². The topological polar surface area (TPSA) is 75.7 Å². The molecule has 1 heterocycles. The van der Waals surface area contributed by atoms with Gasteiger partial charge in [0.25, 0.3) is 0 Å². The minimum Gasteiger partial charge on any atom is -0.496 e. The van der Waals surface area contributed by atoms with Crippen LogP contribution in [0.1, 0.15) is 59.5 Å². The molecule has 0 aromatic heterocycles. The summed E-state index contributed by atoms with van der Waals surface area (Å²) in [5.41, 5.74) is 5.06. The molecule has 0 bridgehead atoms. The van der Waals surface area contributed by atoms with Gasteiger partial charge in [-0.1, -0.05) is 60.5 Å². The van der Waals surface area contributed by atoms with Crippen LogP contribution in [0, 0.1) is 13.8 Å². The van der Waals surface area contributed by atoms with Crippen LogP contribution in [0.3, 0.4) is 0 Å². The van der Waals surface area contributed by atoms with Crippen molar-refractivity contribution >= 4 is 15.9 Å². The van der Waals surface area contributed by atoms with E-state index in [-0.39, 0.29) is 23.3 Å². The van der Waals surface area contributed by atoms with E-state index in [2.05, 4.69) is 37.4 Å². The highest BCUT2D eigenvalue weighted by Gasteiger charge is 2.27. The van der Waals surface area contributed by atoms with Gasteiger partial charge in [0.05, 0.1) is 18.0 Å². The summed E-state index contributed by atoms with van der Waals surface area (Å²) in [6, 6.07) is 20.8. The smallest absolute Gasteiger partial charge is 0.243 e. The Labute approximate surface area is 220 Å². The van der Waals surface area contributed by atoms with Gasteiger partial charge < -0.3 is 10.1 Å². The number of hydrogen-bond acceptors (Lipinski definition) is 4. The summed E-state index contributed by atoms with van der Waals surface area (Å²) in [4.78, 5) is 13.5. The van der Waals surface area contributed by atoms with Crippen molar-refractivity contribution in [2.45, 2.75) is 56.9 Å². The Kier molecular flexibility index (Phi) is 8.67. The van der Waals surface area contributed by atoms with Crippen LogP contribution in [-0.2, 0) is 21.2 Å². The van der Waals surface area contributed by atoms with Gasteiger partial charge in [-0.2, -0.15) is 4.31 Å².